The van der Waals surface area contributed by atoms with Crippen molar-refractivity contribution < 1.29 is 32.9 Å². The highest BCUT2D eigenvalue weighted by Crippen LogP contribution is 2.24. The number of nitrogens with one attached hydrogen (secondary N) is 6. The summed E-state index contributed by atoms with van der Waals surface area (Å²) in [7, 11) is 6.13. The second-order valence-electron chi connectivity index (χ2n) is 9.51. The lowest BCUT2D eigenvalue weighted by molar-refractivity contribution is -0.123. The Morgan fingerprint density at radius 3 is 1.42 bits per heavy atom. The van der Waals surface area contributed by atoms with Gasteiger partial charge in [-0.15, -0.1) is 0 Å². The third-order valence-electron chi connectivity index (χ3n) is 5.64. The van der Waals surface area contributed by atoms with E-state index in [-0.39, 0.29) is 22.7 Å². The first-order valence-corrected chi connectivity index (χ1v) is 19.6. The predicted octanol–water partition coefficient (Wildman–Crippen LogP) is 3.05. The molecule has 10 N–H and O–H groups in total. The van der Waals surface area contributed by atoms with E-state index < -0.39 is 48.5 Å². The quantitative estimate of drug-likeness (QED) is 0.0363. The number of amides is 6. The lowest BCUT2D eigenvalue weighted by atomic mass is 10.1. The first kappa shape index (κ1) is 37.4. The summed E-state index contributed by atoms with van der Waals surface area (Å²) in [5, 5.41) is 10.0. The first-order chi connectivity index (χ1) is 24.2. The molecule has 0 bridgehead atoms. The first-order valence-electron chi connectivity index (χ1n) is 16.1. The minimum Gasteiger partial charge on any atom is -0.339 e. The van der Waals surface area contributed by atoms with Crippen molar-refractivity contribution in [3.8, 4) is 0 Å². The van der Waals surface area contributed by atoms with Crippen LogP contribution in [0.4, 0.5) is 11.4 Å². The Morgan fingerprint density at radius 1 is 0.667 bits per heavy atom. The molecule has 14 nitrogen and oxygen atoms in total. The molecule has 2 atom stereocenters. The largest absolute Gasteiger partial charge is 0.339 e. The molecule has 2 unspecified atom stereocenters. The molecule has 2 aromatic rings. The van der Waals surface area contributed by atoms with Gasteiger partial charge in [-0.05, 0) is 37.1 Å². The maximum Gasteiger partial charge on any atom is 0.257 e. The molecule has 6 amide bonds. The molecule has 0 aliphatic heterocycles. The van der Waals surface area contributed by atoms with Crippen LogP contribution in [0.2, 0.25) is 0 Å². The number of hydrazine groups is 2. The summed E-state index contributed by atoms with van der Waals surface area (Å²) in [6, 6.07) is 10.9. The van der Waals surface area contributed by atoms with E-state index in [1.54, 1.807) is 58.0 Å². The van der Waals surface area contributed by atoms with Crippen LogP contribution in [0.15, 0.2) is 48.5 Å². The molecule has 18 heteroatoms. The van der Waals surface area contributed by atoms with Gasteiger partial charge in [0.15, 0.2) is 0 Å². The van der Waals surface area contributed by atoms with Crippen LogP contribution < -0.4 is 43.8 Å². The van der Waals surface area contributed by atoms with E-state index in [2.05, 4.69) is 33.6 Å². The molecule has 0 heterocycles. The van der Waals surface area contributed by atoms with Gasteiger partial charge in [-0.1, -0.05) is 81.3 Å². The van der Waals surface area contributed by atoms with Crippen molar-refractivity contribution in [2.75, 3.05) is 33.6 Å². The number of benzene rings is 2. The second kappa shape index (κ2) is 24.7. The average molecular weight is 744 g/mol. The van der Waals surface area contributed by atoms with E-state index in [0.717, 1.165) is 24.3 Å². The van der Waals surface area contributed by atoms with Crippen molar-refractivity contribution >= 4 is 90.0 Å². The minimum atomic E-state index is -2.85. The van der Waals surface area contributed by atoms with E-state index in [0.29, 0.717) is 17.2 Å². The molecular weight excluding hydrogens is 697 g/mol. The summed E-state index contributed by atoms with van der Waals surface area (Å²) in [5.41, 5.74) is 4.83. The average Bonchev–Trinajstić information content (AvgIpc) is 3.10. The van der Waals surface area contributed by atoms with Crippen LogP contribution in [-0.4, -0.2) is 70.5 Å². The number of hydrogen-bond donors (Lipinski definition) is 8. The summed E-state index contributed by atoms with van der Waals surface area (Å²) in [6.07, 6.45) is 2.01. The van der Waals surface area contributed by atoms with E-state index in [1.807, 2.05) is 12.3 Å². The maximum absolute atomic E-state index is 12.6. The lowest BCUT2D eigenvalue weighted by Gasteiger charge is -2.17. The van der Waals surface area contributed by atoms with Crippen LogP contribution in [0.5, 0.6) is 0 Å². The Labute approximate surface area is 300 Å². The maximum atomic E-state index is 12.6. The summed E-state index contributed by atoms with van der Waals surface area (Å²) < 4.78 is 21.4. The Morgan fingerprint density at radius 2 is 1.06 bits per heavy atom. The number of para-hydroxylation sites is 2. The highest BCUT2D eigenvalue weighted by molar-refractivity contribution is 8.77. The molecule has 48 heavy (non-hydrogen) atoms. The number of nitrogens with two attached hydrogens (primary N) is 2. The van der Waals surface area contributed by atoms with Crippen molar-refractivity contribution in [1.29, 1.82) is 0 Å². The van der Waals surface area contributed by atoms with Gasteiger partial charge in [0.1, 0.15) is 12.1 Å². The smallest absolute Gasteiger partial charge is 0.257 e. The SMILES string of the molecule is CCCSSCC(NC(=O)c1ccccc1NC(C)=O)C(=O)NN.[2H]C([2H])([2H])C(=O)Nc1ccccc1C(=O)NC(CSSCCC)C(=O)NN. The third-order valence-corrected chi connectivity index (χ3v) is 10.9. The topological polar surface area (TPSA) is 227 Å². The molecule has 2 rings (SSSR count). The van der Waals surface area contributed by atoms with Gasteiger partial charge < -0.3 is 21.3 Å². The van der Waals surface area contributed by atoms with E-state index in [9.17, 15) is 28.8 Å². The van der Waals surface area contributed by atoms with E-state index >= 15 is 0 Å². The summed E-state index contributed by atoms with van der Waals surface area (Å²) in [6.45, 7) is 2.61. The molecule has 0 aromatic heterocycles. The number of rotatable bonds is 18. The lowest BCUT2D eigenvalue weighted by Crippen LogP contribution is -2.50. The predicted molar refractivity (Wildman–Crippen MR) is 199 cm³/mol. The molecule has 2 aromatic carbocycles. The van der Waals surface area contributed by atoms with Crippen LogP contribution in [0.3, 0.4) is 0 Å². The normalized spacial score (nSPS) is 12.6. The van der Waals surface area contributed by atoms with Crippen molar-refractivity contribution in [3.05, 3.63) is 59.7 Å². The van der Waals surface area contributed by atoms with Crippen LogP contribution in [0, 0.1) is 0 Å². The van der Waals surface area contributed by atoms with Crippen LogP contribution in [0.1, 0.15) is 65.3 Å². The fourth-order valence-electron chi connectivity index (χ4n) is 3.45. The van der Waals surface area contributed by atoms with Gasteiger partial charge in [-0.2, -0.15) is 0 Å². The summed E-state index contributed by atoms with van der Waals surface area (Å²) >= 11 is 0. The molecule has 0 saturated carbocycles. The summed E-state index contributed by atoms with van der Waals surface area (Å²) in [4.78, 5) is 71.8. The Kier molecular flexibility index (Phi) is 19.2. The van der Waals surface area contributed by atoms with Gasteiger partial charge in [0, 0.05) is 40.9 Å². The van der Waals surface area contributed by atoms with Gasteiger partial charge in [0.2, 0.25) is 11.8 Å². The molecule has 264 valence electrons. The van der Waals surface area contributed by atoms with Crippen molar-refractivity contribution in [2.24, 2.45) is 11.7 Å². The second-order valence-corrected chi connectivity index (χ2v) is 14.8. The molecule has 0 aliphatic carbocycles. The fourth-order valence-corrected chi connectivity index (χ4v) is 8.05. The van der Waals surface area contributed by atoms with Crippen molar-refractivity contribution in [2.45, 2.75) is 52.5 Å². The zero-order valence-electron chi connectivity index (χ0n) is 29.8. The molecule has 0 fully saturated rings. The highest BCUT2D eigenvalue weighted by Gasteiger charge is 2.23. The van der Waals surface area contributed by atoms with Crippen LogP contribution >= 0.6 is 43.2 Å². The molecule has 0 aliphatic rings. The van der Waals surface area contributed by atoms with Gasteiger partial charge in [0.05, 0.1) is 22.5 Å². The third kappa shape index (κ3) is 16.6. The molecule has 0 spiro atoms. The monoisotopic (exact) mass is 743 g/mol. The van der Waals surface area contributed by atoms with E-state index in [1.165, 1.54) is 40.6 Å². The van der Waals surface area contributed by atoms with Gasteiger partial charge >= 0.3 is 0 Å². The molecule has 0 saturated heterocycles. The highest BCUT2D eigenvalue weighted by atomic mass is 33.1. The fraction of sp³-hybridized carbons (Fsp3) is 0.400. The van der Waals surface area contributed by atoms with Gasteiger partial charge in [-0.25, -0.2) is 11.7 Å². The number of carbonyl (C=O) groups excluding carboxylic acids is 6. The Balaban J connectivity index is 0.000000514. The van der Waals surface area contributed by atoms with Crippen molar-refractivity contribution in [1.82, 2.24) is 21.5 Å². The number of hydrogen-bond acceptors (Lipinski definition) is 12. The van der Waals surface area contributed by atoms with Crippen LogP contribution in [0.25, 0.3) is 0 Å². The molecule has 0 radical (unpaired) electrons. The van der Waals surface area contributed by atoms with Crippen molar-refractivity contribution in [3.63, 3.8) is 0 Å². The van der Waals surface area contributed by atoms with E-state index in [4.69, 9.17) is 15.8 Å². The van der Waals surface area contributed by atoms with Crippen LogP contribution in [-0.2, 0) is 19.2 Å². The standard InChI is InChI=1S/2C15H22N4O3S2/c2*1-3-8-23-24-9-13(15(22)19-16)18-14(21)11-6-4-5-7-12(11)17-10(2)20/h2*4-7,13H,3,8-9,16H2,1-2H3,(H,17,20)(H,18,21)(H,19,22)/i2D3;. The Bertz CT molecular complexity index is 1470. The van der Waals surface area contributed by atoms with Gasteiger partial charge in [0.25, 0.3) is 23.6 Å². The van der Waals surface area contributed by atoms with Gasteiger partial charge in [-0.3, -0.25) is 39.6 Å². The Hall–Kier alpha value is -3.42. The zero-order valence-corrected chi connectivity index (χ0v) is 30.0. The number of carbonyl (C=O) groups is 6. The number of anilines is 2. The zero-order chi connectivity index (χ0) is 38.4. The minimum absolute atomic E-state index is 0.0380. The molecular formula is C30H44N8O6S4. The summed E-state index contributed by atoms with van der Waals surface area (Å²) in [5.74, 6) is 9.32.